The lowest BCUT2D eigenvalue weighted by molar-refractivity contribution is 0.0214. The second-order valence-corrected chi connectivity index (χ2v) is 3.83. The molecule has 0 saturated heterocycles. The zero-order valence-electron chi connectivity index (χ0n) is 10.6. The van der Waals surface area contributed by atoms with Gasteiger partial charge in [-0.15, -0.1) is 5.10 Å². The normalized spacial score (nSPS) is 10.8. The van der Waals surface area contributed by atoms with Crippen LogP contribution >= 0.6 is 0 Å². The standard InChI is InChI=1S/C11H15F2N3O3/c1-6-7(2)15-16-10(9(6)11(17)18)14-3-4-19-5-8(12)13/h8H,3-5H2,1-2H3,(H,14,16)(H,17,18). The van der Waals surface area contributed by atoms with Gasteiger partial charge in [-0.25, -0.2) is 13.6 Å². The second-order valence-electron chi connectivity index (χ2n) is 3.83. The summed E-state index contributed by atoms with van der Waals surface area (Å²) in [5.41, 5.74) is 1.07. The highest BCUT2D eigenvalue weighted by Crippen LogP contribution is 2.17. The molecule has 1 rings (SSSR count). The molecule has 0 fully saturated rings. The van der Waals surface area contributed by atoms with Crippen molar-refractivity contribution in [1.82, 2.24) is 10.2 Å². The van der Waals surface area contributed by atoms with Crippen molar-refractivity contribution in [1.29, 1.82) is 0 Å². The molecule has 8 heteroatoms. The van der Waals surface area contributed by atoms with E-state index in [4.69, 9.17) is 5.11 Å². The fourth-order valence-electron chi connectivity index (χ4n) is 1.41. The number of carbonyl (C=O) groups is 1. The van der Waals surface area contributed by atoms with Crippen LogP contribution in [-0.2, 0) is 4.74 Å². The maximum Gasteiger partial charge on any atom is 0.339 e. The van der Waals surface area contributed by atoms with Crippen LogP contribution in [0, 0.1) is 13.8 Å². The zero-order chi connectivity index (χ0) is 14.4. The van der Waals surface area contributed by atoms with Crippen LogP contribution in [0.3, 0.4) is 0 Å². The molecule has 0 aromatic carbocycles. The van der Waals surface area contributed by atoms with E-state index in [1.165, 1.54) is 0 Å². The van der Waals surface area contributed by atoms with E-state index in [-0.39, 0.29) is 24.5 Å². The number of nitrogens with one attached hydrogen (secondary N) is 1. The summed E-state index contributed by atoms with van der Waals surface area (Å²) in [4.78, 5) is 11.1. The highest BCUT2D eigenvalue weighted by Gasteiger charge is 2.17. The quantitative estimate of drug-likeness (QED) is 0.733. The van der Waals surface area contributed by atoms with Gasteiger partial charge in [-0.1, -0.05) is 0 Å². The predicted molar refractivity (Wildman–Crippen MR) is 63.8 cm³/mol. The van der Waals surface area contributed by atoms with Crippen LogP contribution in [0.1, 0.15) is 21.6 Å². The van der Waals surface area contributed by atoms with E-state index in [9.17, 15) is 13.6 Å². The van der Waals surface area contributed by atoms with Crippen LogP contribution in [0.5, 0.6) is 0 Å². The smallest absolute Gasteiger partial charge is 0.339 e. The minimum Gasteiger partial charge on any atom is -0.478 e. The summed E-state index contributed by atoms with van der Waals surface area (Å²) in [6, 6.07) is 0. The van der Waals surface area contributed by atoms with E-state index in [0.29, 0.717) is 11.3 Å². The molecule has 0 amide bonds. The van der Waals surface area contributed by atoms with Crippen LogP contribution in [0.25, 0.3) is 0 Å². The number of hydrogen-bond donors (Lipinski definition) is 2. The number of carboxylic acids is 1. The van der Waals surface area contributed by atoms with Crippen molar-refractivity contribution in [3.05, 3.63) is 16.8 Å². The van der Waals surface area contributed by atoms with Gasteiger partial charge >= 0.3 is 5.97 Å². The number of aromatic carboxylic acids is 1. The van der Waals surface area contributed by atoms with E-state index < -0.39 is 19.0 Å². The summed E-state index contributed by atoms with van der Waals surface area (Å²) in [5.74, 6) is -1.01. The number of ether oxygens (including phenoxy) is 1. The molecule has 2 N–H and O–H groups in total. The number of halogens is 2. The maximum atomic E-state index is 11.8. The molecule has 19 heavy (non-hydrogen) atoms. The molecule has 6 nitrogen and oxygen atoms in total. The lowest BCUT2D eigenvalue weighted by Gasteiger charge is -2.11. The molecule has 1 heterocycles. The average Bonchev–Trinajstić information content (AvgIpc) is 2.32. The molecular formula is C11H15F2N3O3. The number of carboxylic acid groups (broad SMARTS) is 1. The molecule has 106 valence electrons. The third-order valence-electron chi connectivity index (χ3n) is 2.45. The Morgan fingerprint density at radius 2 is 2.11 bits per heavy atom. The first-order valence-electron chi connectivity index (χ1n) is 5.60. The van der Waals surface area contributed by atoms with E-state index in [1.54, 1.807) is 13.8 Å². The third-order valence-corrected chi connectivity index (χ3v) is 2.45. The Bertz CT molecular complexity index is 455. The summed E-state index contributed by atoms with van der Waals surface area (Å²) in [6.07, 6.45) is -2.52. The number of alkyl halides is 2. The highest BCUT2D eigenvalue weighted by atomic mass is 19.3. The van der Waals surface area contributed by atoms with Crippen molar-refractivity contribution in [3.63, 3.8) is 0 Å². The molecule has 0 bridgehead atoms. The number of rotatable bonds is 7. The minimum absolute atomic E-state index is 0.0258. The molecule has 0 unspecified atom stereocenters. The zero-order valence-corrected chi connectivity index (χ0v) is 10.6. The first-order chi connectivity index (χ1) is 8.93. The summed E-state index contributed by atoms with van der Waals surface area (Å²) in [5, 5.41) is 19.4. The van der Waals surface area contributed by atoms with E-state index >= 15 is 0 Å². The van der Waals surface area contributed by atoms with Crippen LogP contribution in [0.15, 0.2) is 0 Å². The average molecular weight is 275 g/mol. The van der Waals surface area contributed by atoms with E-state index in [1.807, 2.05) is 0 Å². The SMILES string of the molecule is Cc1nnc(NCCOCC(F)F)c(C(=O)O)c1C. The topological polar surface area (TPSA) is 84.3 Å². The molecule has 1 aromatic heterocycles. The van der Waals surface area contributed by atoms with Gasteiger partial charge in [0, 0.05) is 6.54 Å². The number of hydrogen-bond acceptors (Lipinski definition) is 5. The highest BCUT2D eigenvalue weighted by molar-refractivity contribution is 5.94. The van der Waals surface area contributed by atoms with E-state index in [2.05, 4.69) is 20.3 Å². The van der Waals surface area contributed by atoms with Crippen molar-refractivity contribution < 1.29 is 23.4 Å². The lowest BCUT2D eigenvalue weighted by Crippen LogP contribution is -2.17. The summed E-state index contributed by atoms with van der Waals surface area (Å²) >= 11 is 0. The lowest BCUT2D eigenvalue weighted by atomic mass is 10.1. The van der Waals surface area contributed by atoms with Gasteiger partial charge in [0.25, 0.3) is 6.43 Å². The third kappa shape index (κ3) is 4.40. The maximum absolute atomic E-state index is 11.8. The largest absolute Gasteiger partial charge is 0.478 e. The van der Waals surface area contributed by atoms with Gasteiger partial charge in [-0.05, 0) is 19.4 Å². The fraction of sp³-hybridized carbons (Fsp3) is 0.545. The Hall–Kier alpha value is -1.83. The summed E-state index contributed by atoms with van der Waals surface area (Å²) in [7, 11) is 0. The Morgan fingerprint density at radius 1 is 1.42 bits per heavy atom. The summed E-state index contributed by atoms with van der Waals surface area (Å²) in [6.45, 7) is 2.84. The van der Waals surface area contributed by atoms with Crippen molar-refractivity contribution in [3.8, 4) is 0 Å². The molecule has 1 aromatic rings. The van der Waals surface area contributed by atoms with Gasteiger partial charge in [-0.2, -0.15) is 5.10 Å². The Kier molecular flexibility index (Phi) is 5.56. The van der Waals surface area contributed by atoms with Gasteiger partial charge < -0.3 is 15.2 Å². The summed E-state index contributed by atoms with van der Waals surface area (Å²) < 4.78 is 28.3. The van der Waals surface area contributed by atoms with Gasteiger partial charge in [0.2, 0.25) is 0 Å². The minimum atomic E-state index is -2.52. The first kappa shape index (κ1) is 15.2. The van der Waals surface area contributed by atoms with Crippen LogP contribution in [0.4, 0.5) is 14.6 Å². The molecule has 0 aliphatic heterocycles. The van der Waals surface area contributed by atoms with Crippen LogP contribution in [-0.4, -0.2) is 47.5 Å². The molecule has 0 atom stereocenters. The molecule has 0 aliphatic rings. The predicted octanol–water partition coefficient (Wildman–Crippen LogP) is 1.49. The number of aryl methyl sites for hydroxylation is 1. The molecular weight excluding hydrogens is 260 g/mol. The van der Waals surface area contributed by atoms with Crippen molar-refractivity contribution in [2.24, 2.45) is 0 Å². The molecule has 0 saturated carbocycles. The van der Waals surface area contributed by atoms with Gasteiger partial charge in [0.15, 0.2) is 5.82 Å². The fourth-order valence-corrected chi connectivity index (χ4v) is 1.41. The van der Waals surface area contributed by atoms with Crippen LogP contribution < -0.4 is 5.32 Å². The van der Waals surface area contributed by atoms with E-state index in [0.717, 1.165) is 0 Å². The van der Waals surface area contributed by atoms with Gasteiger partial charge in [0.05, 0.1) is 12.3 Å². The Labute approximate surface area is 108 Å². The Morgan fingerprint density at radius 3 is 2.68 bits per heavy atom. The second kappa shape index (κ2) is 6.93. The number of aromatic nitrogens is 2. The van der Waals surface area contributed by atoms with Crippen molar-refractivity contribution >= 4 is 11.8 Å². The van der Waals surface area contributed by atoms with Gasteiger partial charge in [-0.3, -0.25) is 0 Å². The molecule has 0 aliphatic carbocycles. The van der Waals surface area contributed by atoms with Crippen molar-refractivity contribution in [2.45, 2.75) is 20.3 Å². The number of nitrogens with zero attached hydrogens (tertiary/aromatic N) is 2. The van der Waals surface area contributed by atoms with Crippen LogP contribution in [0.2, 0.25) is 0 Å². The first-order valence-corrected chi connectivity index (χ1v) is 5.60. The van der Waals surface area contributed by atoms with Gasteiger partial charge in [0.1, 0.15) is 12.2 Å². The molecule has 0 spiro atoms. The monoisotopic (exact) mass is 275 g/mol. The number of anilines is 1. The molecule has 0 radical (unpaired) electrons. The Balaban J connectivity index is 2.63. The van der Waals surface area contributed by atoms with Crippen molar-refractivity contribution in [2.75, 3.05) is 25.1 Å².